The molecule has 2 aromatic carbocycles. The molecule has 1 fully saturated rings. The lowest BCUT2D eigenvalue weighted by atomic mass is 9.95. The molecule has 180 valence electrons. The van der Waals surface area contributed by atoms with Crippen LogP contribution in [0.3, 0.4) is 0 Å². The molecule has 0 saturated carbocycles. The molecule has 7 nitrogen and oxygen atoms in total. The number of rotatable bonds is 5. The van der Waals surface area contributed by atoms with E-state index in [1.807, 2.05) is 65.6 Å². The van der Waals surface area contributed by atoms with Crippen LogP contribution in [0.15, 0.2) is 60.7 Å². The van der Waals surface area contributed by atoms with Crippen molar-refractivity contribution in [1.29, 1.82) is 0 Å². The van der Waals surface area contributed by atoms with Crippen molar-refractivity contribution in [3.8, 4) is 11.4 Å². The molecular weight excluding hydrogens is 438 g/mol. The first-order chi connectivity index (χ1) is 17.2. The Morgan fingerprint density at radius 3 is 2.43 bits per heavy atom. The van der Waals surface area contributed by atoms with E-state index in [0.717, 1.165) is 47.8 Å². The monoisotopic (exact) mass is 469 g/mol. The summed E-state index contributed by atoms with van der Waals surface area (Å²) in [7, 11) is 0. The summed E-state index contributed by atoms with van der Waals surface area (Å²) in [6.07, 6.45) is 9.31. The smallest absolute Gasteiger partial charge is 0.246 e. The van der Waals surface area contributed by atoms with Crippen LogP contribution in [-0.2, 0) is 22.6 Å². The van der Waals surface area contributed by atoms with E-state index >= 15 is 0 Å². The van der Waals surface area contributed by atoms with Gasteiger partial charge in [-0.2, -0.15) is 0 Å². The minimum atomic E-state index is -0.0934. The van der Waals surface area contributed by atoms with Crippen LogP contribution in [0.1, 0.15) is 43.5 Å². The standard InChI is InChI=1S/C28H31N5O2/c34-26(15-10-21-7-3-1-4-8-21)32-19-16-23(17-20-32)28(35)29-24-13-11-22(12-14-24)27-31-30-25-9-5-2-6-18-33(25)27/h1,3-4,7-8,10-15,23H,2,5-6,9,16-20H2,(H,29,35). The Morgan fingerprint density at radius 1 is 0.886 bits per heavy atom. The van der Waals surface area contributed by atoms with E-state index in [1.165, 1.54) is 12.8 Å². The summed E-state index contributed by atoms with van der Waals surface area (Å²) in [5, 5.41) is 11.8. The van der Waals surface area contributed by atoms with Gasteiger partial charge in [0, 0.05) is 49.3 Å². The molecule has 1 saturated heterocycles. The molecule has 2 aliphatic heterocycles. The molecule has 0 radical (unpaired) electrons. The second-order valence-electron chi connectivity index (χ2n) is 9.31. The Balaban J connectivity index is 1.14. The number of amides is 2. The molecule has 0 aliphatic carbocycles. The molecule has 7 heteroatoms. The zero-order chi connectivity index (χ0) is 24.0. The number of fused-ring (bicyclic) bond motifs is 1. The summed E-state index contributed by atoms with van der Waals surface area (Å²) in [4.78, 5) is 27.2. The van der Waals surface area contributed by atoms with E-state index in [4.69, 9.17) is 0 Å². The highest BCUT2D eigenvalue weighted by molar-refractivity contribution is 5.94. The van der Waals surface area contributed by atoms with E-state index in [-0.39, 0.29) is 17.7 Å². The summed E-state index contributed by atoms with van der Waals surface area (Å²) in [6.45, 7) is 2.14. The first-order valence-corrected chi connectivity index (χ1v) is 12.5. The lowest BCUT2D eigenvalue weighted by molar-refractivity contribution is -0.130. The van der Waals surface area contributed by atoms with Crippen LogP contribution < -0.4 is 5.32 Å². The van der Waals surface area contributed by atoms with E-state index in [2.05, 4.69) is 20.1 Å². The number of hydrogen-bond donors (Lipinski definition) is 1. The minimum absolute atomic E-state index is 0.00493. The van der Waals surface area contributed by atoms with Gasteiger partial charge in [0.05, 0.1) is 0 Å². The number of aryl methyl sites for hydroxylation is 1. The molecule has 1 aromatic heterocycles. The Kier molecular flexibility index (Phi) is 7.02. The number of anilines is 1. The highest BCUT2D eigenvalue weighted by Crippen LogP contribution is 2.25. The molecule has 3 aromatic rings. The fraction of sp³-hybridized carbons (Fsp3) is 0.357. The maximum absolute atomic E-state index is 12.8. The number of hydrogen-bond acceptors (Lipinski definition) is 4. The molecule has 2 amide bonds. The van der Waals surface area contributed by atoms with Gasteiger partial charge in [-0.05, 0) is 61.6 Å². The lowest BCUT2D eigenvalue weighted by Gasteiger charge is -2.30. The number of likely N-dealkylation sites (tertiary alicyclic amines) is 1. The Hall–Kier alpha value is -3.74. The summed E-state index contributed by atoms with van der Waals surface area (Å²) in [5.74, 6) is 1.88. The molecule has 0 unspecified atom stereocenters. The van der Waals surface area contributed by atoms with Crippen LogP contribution in [0.25, 0.3) is 17.5 Å². The molecule has 3 heterocycles. The van der Waals surface area contributed by atoms with Gasteiger partial charge in [0.25, 0.3) is 0 Å². The van der Waals surface area contributed by atoms with Crippen LogP contribution in [0.4, 0.5) is 5.69 Å². The molecule has 1 N–H and O–H groups in total. The van der Waals surface area contributed by atoms with Crippen LogP contribution in [0.2, 0.25) is 0 Å². The van der Waals surface area contributed by atoms with Gasteiger partial charge in [-0.1, -0.05) is 36.8 Å². The van der Waals surface area contributed by atoms with Gasteiger partial charge in [-0.25, -0.2) is 0 Å². The van der Waals surface area contributed by atoms with Crippen molar-refractivity contribution in [2.75, 3.05) is 18.4 Å². The van der Waals surface area contributed by atoms with Crippen LogP contribution >= 0.6 is 0 Å². The van der Waals surface area contributed by atoms with Crippen molar-refractivity contribution in [2.24, 2.45) is 5.92 Å². The number of nitrogens with one attached hydrogen (secondary N) is 1. The number of carbonyl (C=O) groups excluding carboxylic acids is 2. The van der Waals surface area contributed by atoms with Gasteiger partial charge in [-0.3, -0.25) is 9.59 Å². The lowest BCUT2D eigenvalue weighted by Crippen LogP contribution is -2.40. The third kappa shape index (κ3) is 5.50. The summed E-state index contributed by atoms with van der Waals surface area (Å²) in [6, 6.07) is 17.6. The van der Waals surface area contributed by atoms with Crippen molar-refractivity contribution in [3.63, 3.8) is 0 Å². The third-order valence-corrected chi connectivity index (χ3v) is 6.92. The van der Waals surface area contributed by atoms with E-state index in [0.29, 0.717) is 25.9 Å². The van der Waals surface area contributed by atoms with E-state index < -0.39 is 0 Å². The van der Waals surface area contributed by atoms with Gasteiger partial charge < -0.3 is 14.8 Å². The van der Waals surface area contributed by atoms with Gasteiger partial charge in [-0.15, -0.1) is 10.2 Å². The van der Waals surface area contributed by atoms with Crippen LogP contribution in [-0.4, -0.2) is 44.6 Å². The summed E-state index contributed by atoms with van der Waals surface area (Å²) < 4.78 is 2.23. The van der Waals surface area contributed by atoms with Gasteiger partial charge >= 0.3 is 0 Å². The van der Waals surface area contributed by atoms with Gasteiger partial charge in [0.15, 0.2) is 5.82 Å². The molecule has 0 atom stereocenters. The number of piperidine rings is 1. The largest absolute Gasteiger partial charge is 0.339 e. The van der Waals surface area contributed by atoms with Crippen LogP contribution in [0.5, 0.6) is 0 Å². The van der Waals surface area contributed by atoms with Crippen molar-refractivity contribution in [1.82, 2.24) is 19.7 Å². The Labute approximate surface area is 205 Å². The Bertz CT molecular complexity index is 1190. The zero-order valence-corrected chi connectivity index (χ0v) is 19.9. The second kappa shape index (κ2) is 10.7. The molecule has 0 bridgehead atoms. The molecule has 2 aliphatic rings. The van der Waals surface area contributed by atoms with Crippen molar-refractivity contribution < 1.29 is 9.59 Å². The van der Waals surface area contributed by atoms with Gasteiger partial charge in [0.2, 0.25) is 11.8 Å². The minimum Gasteiger partial charge on any atom is -0.339 e. The average molecular weight is 470 g/mol. The molecule has 0 spiro atoms. The van der Waals surface area contributed by atoms with E-state index in [1.54, 1.807) is 6.08 Å². The third-order valence-electron chi connectivity index (χ3n) is 6.92. The summed E-state index contributed by atoms with van der Waals surface area (Å²) >= 11 is 0. The maximum Gasteiger partial charge on any atom is 0.246 e. The fourth-order valence-corrected chi connectivity index (χ4v) is 4.84. The van der Waals surface area contributed by atoms with E-state index in [9.17, 15) is 9.59 Å². The van der Waals surface area contributed by atoms with Gasteiger partial charge in [0.1, 0.15) is 5.82 Å². The fourth-order valence-electron chi connectivity index (χ4n) is 4.84. The SMILES string of the molecule is O=C(Nc1ccc(-c2nnc3n2CCCCC3)cc1)C1CCN(C(=O)C=Cc2ccccc2)CC1. The normalized spacial score (nSPS) is 16.6. The summed E-state index contributed by atoms with van der Waals surface area (Å²) in [5.41, 5.74) is 2.79. The number of aromatic nitrogens is 3. The first-order valence-electron chi connectivity index (χ1n) is 12.5. The second-order valence-corrected chi connectivity index (χ2v) is 9.31. The number of benzene rings is 2. The highest BCUT2D eigenvalue weighted by atomic mass is 16.2. The highest BCUT2D eigenvalue weighted by Gasteiger charge is 2.26. The average Bonchev–Trinajstić information content (AvgIpc) is 3.16. The maximum atomic E-state index is 12.8. The van der Waals surface area contributed by atoms with Crippen molar-refractivity contribution in [2.45, 2.75) is 45.1 Å². The zero-order valence-electron chi connectivity index (χ0n) is 19.9. The predicted molar refractivity (Wildman–Crippen MR) is 136 cm³/mol. The first kappa shape index (κ1) is 23.0. The predicted octanol–water partition coefficient (Wildman–Crippen LogP) is 4.56. The topological polar surface area (TPSA) is 80.1 Å². The van der Waals surface area contributed by atoms with Crippen LogP contribution in [0, 0.1) is 5.92 Å². The quantitative estimate of drug-likeness (QED) is 0.556. The van der Waals surface area contributed by atoms with Crippen molar-refractivity contribution >= 4 is 23.6 Å². The number of carbonyl (C=O) groups is 2. The number of nitrogens with zero attached hydrogens (tertiary/aromatic N) is 4. The molecule has 35 heavy (non-hydrogen) atoms. The van der Waals surface area contributed by atoms with Crippen molar-refractivity contribution in [3.05, 3.63) is 72.1 Å². The molecular formula is C28H31N5O2. The Morgan fingerprint density at radius 2 is 1.66 bits per heavy atom. The molecule has 5 rings (SSSR count).